The predicted molar refractivity (Wildman–Crippen MR) is 84.1 cm³/mol. The van der Waals surface area contributed by atoms with Crippen LogP contribution in [0.1, 0.15) is 22.8 Å². The highest BCUT2D eigenvalue weighted by Gasteiger charge is 2.20. The van der Waals surface area contributed by atoms with Crippen LogP contribution in [0, 0.1) is 6.92 Å². The first-order chi connectivity index (χ1) is 9.61. The molecule has 2 aromatic rings. The number of rotatable bonds is 5. The van der Waals surface area contributed by atoms with Crippen LogP contribution in [0.5, 0.6) is 0 Å². The van der Waals surface area contributed by atoms with Gasteiger partial charge in [-0.3, -0.25) is 0 Å². The average molecular weight is 290 g/mol. The summed E-state index contributed by atoms with van der Waals surface area (Å²) in [4.78, 5) is 0. The van der Waals surface area contributed by atoms with E-state index in [1.807, 2.05) is 49.4 Å². The molecule has 2 N–H and O–H groups in total. The molecule has 0 heterocycles. The van der Waals surface area contributed by atoms with Crippen LogP contribution in [-0.4, -0.2) is 13.2 Å². The van der Waals surface area contributed by atoms with E-state index in [1.165, 1.54) is 0 Å². The van der Waals surface area contributed by atoms with Crippen molar-refractivity contribution in [1.82, 2.24) is 0 Å². The van der Waals surface area contributed by atoms with Gasteiger partial charge in [-0.25, -0.2) is 0 Å². The summed E-state index contributed by atoms with van der Waals surface area (Å²) < 4.78 is 5.57. The summed E-state index contributed by atoms with van der Waals surface area (Å²) in [7, 11) is 1.69. The lowest BCUT2D eigenvalue weighted by Crippen LogP contribution is -2.32. The molecule has 20 heavy (non-hydrogen) atoms. The van der Waals surface area contributed by atoms with Crippen LogP contribution in [0.2, 0.25) is 5.02 Å². The normalized spacial score (nSPS) is 14.0. The minimum absolute atomic E-state index is 0.131. The van der Waals surface area contributed by atoms with E-state index in [2.05, 4.69) is 6.07 Å². The van der Waals surface area contributed by atoms with Crippen molar-refractivity contribution in [1.29, 1.82) is 0 Å². The second kappa shape index (κ2) is 6.89. The van der Waals surface area contributed by atoms with Crippen molar-refractivity contribution in [3.05, 3.63) is 70.2 Å². The van der Waals surface area contributed by atoms with Crippen LogP contribution < -0.4 is 5.73 Å². The maximum absolute atomic E-state index is 6.32. The Kier molecular flexibility index (Phi) is 5.18. The molecule has 0 radical (unpaired) electrons. The molecular formula is C17H20ClNO. The van der Waals surface area contributed by atoms with Crippen LogP contribution in [0.15, 0.2) is 48.5 Å². The summed E-state index contributed by atoms with van der Waals surface area (Å²) >= 11 is 6.27. The second-order valence-corrected chi connectivity index (χ2v) is 5.44. The molecule has 0 amide bonds. The van der Waals surface area contributed by atoms with Gasteiger partial charge in [0, 0.05) is 18.2 Å². The van der Waals surface area contributed by atoms with Crippen LogP contribution >= 0.6 is 11.6 Å². The molecule has 0 aliphatic carbocycles. The summed E-state index contributed by atoms with van der Waals surface area (Å²) in [6.07, 6.45) is 0.556. The predicted octanol–water partition coefficient (Wildman–Crippen LogP) is 3.91. The largest absolute Gasteiger partial charge is 0.375 e. The molecule has 2 aromatic carbocycles. The van der Waals surface area contributed by atoms with Crippen LogP contribution in [0.3, 0.4) is 0 Å². The minimum Gasteiger partial charge on any atom is -0.375 e. The number of halogens is 1. The molecule has 2 nitrogen and oxygen atoms in total. The van der Waals surface area contributed by atoms with Crippen molar-refractivity contribution in [3.8, 4) is 0 Å². The smallest absolute Gasteiger partial charge is 0.0975 e. The third-order valence-corrected chi connectivity index (χ3v) is 3.79. The van der Waals surface area contributed by atoms with Crippen LogP contribution in [-0.2, 0) is 11.2 Å². The van der Waals surface area contributed by atoms with E-state index >= 15 is 0 Å². The van der Waals surface area contributed by atoms with Crippen molar-refractivity contribution < 1.29 is 4.74 Å². The van der Waals surface area contributed by atoms with Gasteiger partial charge in [-0.2, -0.15) is 0 Å². The Balaban J connectivity index is 2.15. The Hall–Kier alpha value is -1.35. The van der Waals surface area contributed by atoms with E-state index in [4.69, 9.17) is 22.1 Å². The van der Waals surface area contributed by atoms with Crippen molar-refractivity contribution in [2.45, 2.75) is 25.5 Å². The molecule has 0 saturated carbocycles. The fourth-order valence-electron chi connectivity index (χ4n) is 2.38. The third kappa shape index (κ3) is 3.60. The SMILES string of the molecule is COC(c1ccccc1)C(N)Cc1ccc(C)cc1Cl. The molecule has 0 aliphatic rings. The molecule has 0 bridgehead atoms. The number of methoxy groups -OCH3 is 1. The zero-order valence-corrected chi connectivity index (χ0v) is 12.6. The molecule has 0 spiro atoms. The maximum atomic E-state index is 6.32. The number of benzene rings is 2. The molecule has 2 unspecified atom stereocenters. The van der Waals surface area contributed by atoms with Crippen molar-refractivity contribution in [2.75, 3.05) is 7.11 Å². The molecule has 3 heteroatoms. The van der Waals surface area contributed by atoms with Gasteiger partial charge in [-0.15, -0.1) is 0 Å². The van der Waals surface area contributed by atoms with Gasteiger partial charge in [-0.05, 0) is 36.1 Å². The Bertz CT molecular complexity index is 556. The minimum atomic E-state index is -0.136. The fourth-order valence-corrected chi connectivity index (χ4v) is 2.69. The lowest BCUT2D eigenvalue weighted by atomic mass is 9.96. The highest BCUT2D eigenvalue weighted by molar-refractivity contribution is 6.31. The maximum Gasteiger partial charge on any atom is 0.0975 e. The number of nitrogens with two attached hydrogens (primary N) is 1. The quantitative estimate of drug-likeness (QED) is 0.906. The Labute approximate surface area is 125 Å². The van der Waals surface area contributed by atoms with Gasteiger partial charge in [0.1, 0.15) is 0 Å². The van der Waals surface area contributed by atoms with Crippen molar-refractivity contribution in [3.63, 3.8) is 0 Å². The molecule has 106 valence electrons. The number of hydrogen-bond donors (Lipinski definition) is 1. The summed E-state index contributed by atoms with van der Waals surface area (Å²) in [6.45, 7) is 2.03. The molecule has 0 fully saturated rings. The van der Waals surface area contributed by atoms with Gasteiger partial charge in [-0.1, -0.05) is 54.1 Å². The van der Waals surface area contributed by atoms with Crippen molar-refractivity contribution in [2.24, 2.45) is 5.73 Å². The van der Waals surface area contributed by atoms with Gasteiger partial charge < -0.3 is 10.5 Å². The first kappa shape index (κ1) is 15.0. The Morgan fingerprint density at radius 3 is 2.45 bits per heavy atom. The lowest BCUT2D eigenvalue weighted by molar-refractivity contribution is 0.0803. The molecule has 2 atom stereocenters. The molecular weight excluding hydrogens is 270 g/mol. The van der Waals surface area contributed by atoms with E-state index in [0.717, 1.165) is 21.7 Å². The number of ether oxygens (including phenoxy) is 1. The standard InChI is InChI=1S/C17H20ClNO/c1-12-8-9-14(15(18)10-12)11-16(19)17(20-2)13-6-4-3-5-7-13/h3-10,16-17H,11,19H2,1-2H3. The summed E-state index contributed by atoms with van der Waals surface area (Å²) in [5, 5.41) is 0.767. The van der Waals surface area contributed by atoms with Gasteiger partial charge >= 0.3 is 0 Å². The van der Waals surface area contributed by atoms with Crippen molar-refractivity contribution >= 4 is 11.6 Å². The number of aryl methyl sites for hydroxylation is 1. The van der Waals surface area contributed by atoms with Crippen LogP contribution in [0.25, 0.3) is 0 Å². The summed E-state index contributed by atoms with van der Waals surface area (Å²) in [5.74, 6) is 0. The molecule has 2 rings (SSSR count). The Morgan fingerprint density at radius 1 is 1.15 bits per heavy atom. The highest BCUT2D eigenvalue weighted by atomic mass is 35.5. The van der Waals surface area contributed by atoms with Gasteiger partial charge in [0.25, 0.3) is 0 Å². The van der Waals surface area contributed by atoms with Gasteiger partial charge in [0.15, 0.2) is 0 Å². The Morgan fingerprint density at radius 2 is 1.85 bits per heavy atom. The van der Waals surface area contributed by atoms with Gasteiger partial charge in [0.2, 0.25) is 0 Å². The highest BCUT2D eigenvalue weighted by Crippen LogP contribution is 2.25. The van der Waals surface area contributed by atoms with E-state index in [1.54, 1.807) is 7.11 Å². The van der Waals surface area contributed by atoms with E-state index < -0.39 is 0 Å². The molecule has 0 aliphatic heterocycles. The van der Waals surface area contributed by atoms with Crippen LogP contribution in [0.4, 0.5) is 0 Å². The monoisotopic (exact) mass is 289 g/mol. The zero-order chi connectivity index (χ0) is 14.5. The molecule has 0 aromatic heterocycles. The summed E-state index contributed by atoms with van der Waals surface area (Å²) in [5.41, 5.74) is 9.61. The van der Waals surface area contributed by atoms with E-state index in [0.29, 0.717) is 6.42 Å². The zero-order valence-electron chi connectivity index (χ0n) is 11.8. The van der Waals surface area contributed by atoms with Gasteiger partial charge in [0.05, 0.1) is 6.10 Å². The van der Waals surface area contributed by atoms with E-state index in [9.17, 15) is 0 Å². The van der Waals surface area contributed by atoms with E-state index in [-0.39, 0.29) is 12.1 Å². The topological polar surface area (TPSA) is 35.2 Å². The fraction of sp³-hybridized carbons (Fsp3) is 0.294. The summed E-state index contributed by atoms with van der Waals surface area (Å²) in [6, 6.07) is 16.0. The molecule has 0 saturated heterocycles. The second-order valence-electron chi connectivity index (χ2n) is 5.03. The first-order valence-electron chi connectivity index (χ1n) is 6.70. The lowest BCUT2D eigenvalue weighted by Gasteiger charge is -2.23. The third-order valence-electron chi connectivity index (χ3n) is 3.44. The average Bonchev–Trinajstić information content (AvgIpc) is 2.44. The number of hydrogen-bond acceptors (Lipinski definition) is 2. The first-order valence-corrected chi connectivity index (χ1v) is 7.08.